The first-order chi connectivity index (χ1) is 60.2. The summed E-state index contributed by atoms with van der Waals surface area (Å²) in [5, 5.41) is 0. The first-order valence-electron chi connectivity index (χ1n) is 45.0. The number of carbonyl (C=O) groups excluding carboxylic acids is 6. The average Bonchev–Trinajstić information content (AvgIpc) is 0.869. The zero-order valence-corrected chi connectivity index (χ0v) is 78.6. The maximum atomic E-state index is 12.1. The summed E-state index contributed by atoms with van der Waals surface area (Å²) in [6, 6.07) is 71.8. The number of hydrogen-bond donors (Lipinski definition) is 0. The molecule has 0 aliphatic heterocycles. The van der Waals surface area contributed by atoms with Crippen LogP contribution < -0.4 is 0 Å². The van der Waals surface area contributed by atoms with Crippen LogP contribution in [0.5, 0.6) is 0 Å². The molecule has 0 saturated carbocycles. The Kier molecular flexibility index (Phi) is 45.4. The highest BCUT2D eigenvalue weighted by Crippen LogP contribution is 2.37. The standard InChI is InChI=1S/C22H30O2.2C21H24O2.2C17H22O2.C16H18O2/c1-18(2)10-8-11-19(3)12-9-13-20(4)16-17-24-22(23)21-14-6-5-7-15-21;1-16(15-23-20(22)18-8-6-5-7-9-18)14-17-10-12-19(13-11-17)21(2,3)4;1-16(2)13-18-9-11-19(12-10-18)14-17(3)15-23-21(22)20-7-5-4-6-8-20;1-12(2)15-10-9-13(3)16(11-15)19-17(18)14-7-5-4-6-8-14;1-12(2)15-10-9-13(3)11-16(15)19-17(18)14-7-5-4-6-8-14;1-12-8-9-15(13(2)10-12)11-18-16(17)14-6-4-3-5-7-14/h5-7,10,12,14-17,20H,8-9,11,13H2,1-4H3;5-13,15H,14H2,1-4H3;4-12,15-16H,13-14H2,1-3H3;4-8,12,15H,9-11H2,1-3H3;4-8,12-13H,9-11H2,1-3H3;3-7,10-11,13H,8-9H2,1-2H3/b17-16?,19-12+;;;;;/t;;;;13-;/m....1./s1. The molecular formula is C114H140O12. The van der Waals surface area contributed by atoms with E-state index in [0.29, 0.717) is 74.8 Å². The van der Waals surface area contributed by atoms with Gasteiger partial charge in [0.2, 0.25) is 0 Å². The zero-order valence-electron chi connectivity index (χ0n) is 78.6. The molecule has 0 radical (unpaired) electrons. The van der Waals surface area contributed by atoms with Crippen LogP contribution in [0.2, 0.25) is 0 Å². The summed E-state index contributed by atoms with van der Waals surface area (Å²) in [6.45, 7) is 41.0. The predicted octanol–water partition coefficient (Wildman–Crippen LogP) is 30.2. The maximum Gasteiger partial charge on any atom is 0.343 e. The summed E-state index contributed by atoms with van der Waals surface area (Å²) in [4.78, 5) is 71.5. The van der Waals surface area contributed by atoms with Crippen LogP contribution in [0.3, 0.4) is 0 Å². The minimum Gasteiger partial charge on any atom is -0.431 e. The molecule has 0 heterocycles. The van der Waals surface area contributed by atoms with E-state index in [0.717, 1.165) is 106 Å². The highest BCUT2D eigenvalue weighted by Gasteiger charge is 2.27. The molecule has 11 rings (SSSR count). The van der Waals surface area contributed by atoms with Gasteiger partial charge in [0.05, 0.1) is 58.4 Å². The van der Waals surface area contributed by atoms with Crippen molar-refractivity contribution in [3.63, 3.8) is 0 Å². The summed E-state index contributed by atoms with van der Waals surface area (Å²) in [5.74, 6) is 3.80. The Morgan fingerprint density at radius 2 is 0.857 bits per heavy atom. The Morgan fingerprint density at radius 3 is 1.28 bits per heavy atom. The lowest BCUT2D eigenvalue weighted by atomic mass is 9.82. The molecule has 0 saturated heterocycles. The smallest absolute Gasteiger partial charge is 0.343 e. The van der Waals surface area contributed by atoms with Crippen LogP contribution in [0.25, 0.3) is 0 Å². The van der Waals surface area contributed by atoms with Crippen LogP contribution in [-0.4, -0.2) is 35.8 Å². The molecule has 0 spiro atoms. The van der Waals surface area contributed by atoms with Crippen LogP contribution in [0.15, 0.2) is 336 Å². The highest BCUT2D eigenvalue weighted by molar-refractivity contribution is 5.92. The van der Waals surface area contributed by atoms with Gasteiger partial charge in [-0.15, -0.1) is 0 Å². The van der Waals surface area contributed by atoms with Crippen LogP contribution in [0, 0.1) is 41.4 Å². The van der Waals surface area contributed by atoms with Crippen molar-refractivity contribution in [3.05, 3.63) is 392 Å². The van der Waals surface area contributed by atoms with E-state index in [4.69, 9.17) is 28.4 Å². The van der Waals surface area contributed by atoms with E-state index in [1.54, 1.807) is 91.6 Å². The topological polar surface area (TPSA) is 158 Å². The van der Waals surface area contributed by atoms with Gasteiger partial charge in [-0.3, -0.25) is 0 Å². The third kappa shape index (κ3) is 40.0. The fourth-order valence-corrected chi connectivity index (χ4v) is 14.1. The van der Waals surface area contributed by atoms with Gasteiger partial charge in [0.25, 0.3) is 0 Å². The third-order valence-electron chi connectivity index (χ3n) is 22.0. The van der Waals surface area contributed by atoms with E-state index in [2.05, 4.69) is 184 Å². The Balaban J connectivity index is 0.000000234. The van der Waals surface area contributed by atoms with Crippen molar-refractivity contribution >= 4 is 35.8 Å². The van der Waals surface area contributed by atoms with Crippen LogP contribution in [0.4, 0.5) is 0 Å². The molecule has 0 amide bonds. The number of benzene rings is 8. The van der Waals surface area contributed by atoms with E-state index < -0.39 is 0 Å². The van der Waals surface area contributed by atoms with Crippen molar-refractivity contribution in [1.82, 2.24) is 0 Å². The number of allylic oxidation sites excluding steroid dienone is 14. The van der Waals surface area contributed by atoms with Crippen LogP contribution >= 0.6 is 0 Å². The normalized spacial score (nSPS) is 15.8. The molecule has 126 heavy (non-hydrogen) atoms. The van der Waals surface area contributed by atoms with Crippen molar-refractivity contribution < 1.29 is 57.2 Å². The molecule has 12 heteroatoms. The molecule has 3 unspecified atom stereocenters. The van der Waals surface area contributed by atoms with Gasteiger partial charge in [0, 0.05) is 12.8 Å². The van der Waals surface area contributed by atoms with Crippen molar-refractivity contribution in [2.24, 2.45) is 41.4 Å². The first-order valence-corrected chi connectivity index (χ1v) is 45.0. The van der Waals surface area contributed by atoms with E-state index in [1.165, 1.54) is 74.8 Å². The van der Waals surface area contributed by atoms with Crippen molar-refractivity contribution in [2.75, 3.05) is 0 Å². The summed E-state index contributed by atoms with van der Waals surface area (Å²) in [7, 11) is 0. The van der Waals surface area contributed by atoms with Crippen LogP contribution in [-0.2, 0) is 53.1 Å². The zero-order chi connectivity index (χ0) is 91.9. The lowest BCUT2D eigenvalue weighted by Crippen LogP contribution is -2.18. The lowest BCUT2D eigenvalue weighted by Gasteiger charge is -2.27. The Morgan fingerprint density at radius 1 is 0.437 bits per heavy atom. The van der Waals surface area contributed by atoms with Gasteiger partial charge in [-0.2, -0.15) is 0 Å². The third-order valence-corrected chi connectivity index (χ3v) is 22.0. The van der Waals surface area contributed by atoms with Crippen LogP contribution in [0.1, 0.15) is 293 Å². The van der Waals surface area contributed by atoms with E-state index in [9.17, 15) is 28.8 Å². The Labute approximate surface area is 754 Å². The molecule has 0 aromatic heterocycles. The highest BCUT2D eigenvalue weighted by atomic mass is 16.6. The van der Waals surface area contributed by atoms with Gasteiger partial charge >= 0.3 is 35.8 Å². The van der Waals surface area contributed by atoms with Crippen molar-refractivity contribution in [3.8, 4) is 0 Å². The average molecular weight is 1700 g/mol. The van der Waals surface area contributed by atoms with Gasteiger partial charge in [-0.05, 0) is 308 Å². The summed E-state index contributed by atoms with van der Waals surface area (Å²) in [5.41, 5.74) is 18.8. The quantitative estimate of drug-likeness (QED) is 0.0208. The van der Waals surface area contributed by atoms with Gasteiger partial charge < -0.3 is 28.4 Å². The molecule has 3 aliphatic rings. The second-order valence-corrected chi connectivity index (χ2v) is 35.9. The summed E-state index contributed by atoms with van der Waals surface area (Å²) < 4.78 is 32.2. The Hall–Kier alpha value is -11.8. The molecule has 8 aromatic rings. The molecule has 0 N–H and O–H groups in total. The fourth-order valence-electron chi connectivity index (χ4n) is 14.1. The number of rotatable bonds is 27. The summed E-state index contributed by atoms with van der Waals surface area (Å²) >= 11 is 0. The maximum absolute atomic E-state index is 12.1. The minimum absolute atomic E-state index is 0.161. The largest absolute Gasteiger partial charge is 0.431 e. The molecule has 0 bridgehead atoms. The van der Waals surface area contributed by atoms with E-state index in [1.807, 2.05) is 129 Å². The van der Waals surface area contributed by atoms with Gasteiger partial charge in [-0.1, -0.05) is 276 Å². The number of ether oxygens (including phenoxy) is 6. The van der Waals surface area contributed by atoms with E-state index >= 15 is 0 Å². The van der Waals surface area contributed by atoms with Gasteiger partial charge in [0.15, 0.2) is 0 Å². The molecular weight excluding hydrogens is 1560 g/mol. The van der Waals surface area contributed by atoms with Gasteiger partial charge in [0.1, 0.15) is 11.5 Å². The second-order valence-electron chi connectivity index (χ2n) is 35.9. The molecule has 668 valence electrons. The lowest BCUT2D eigenvalue weighted by molar-refractivity contribution is 0.0578. The predicted molar refractivity (Wildman–Crippen MR) is 516 cm³/mol. The minimum atomic E-state index is -0.326. The summed E-state index contributed by atoms with van der Waals surface area (Å²) in [6.07, 6.45) is 30.3. The van der Waals surface area contributed by atoms with Crippen molar-refractivity contribution in [1.29, 1.82) is 0 Å². The van der Waals surface area contributed by atoms with Gasteiger partial charge in [-0.25, -0.2) is 28.8 Å². The number of hydrogen-bond acceptors (Lipinski definition) is 12. The monoisotopic (exact) mass is 1700 g/mol. The molecule has 0 fully saturated rings. The van der Waals surface area contributed by atoms with E-state index in [-0.39, 0.29) is 41.2 Å². The van der Waals surface area contributed by atoms with Crippen molar-refractivity contribution in [2.45, 2.75) is 233 Å². The second kappa shape index (κ2) is 55.6. The molecule has 8 aromatic carbocycles. The molecule has 4 atom stereocenters. The first kappa shape index (κ1) is 103. The SMILES string of the molecule is CC(=COC(=O)c1ccccc1)Cc1ccc(C(C)(C)C)cc1.CC(=COC(=O)c1ccccc1)Cc1ccc(CC(C)C)cc1.CC(C)=CCC/C(C)=C/CCC(C)C=COC(=O)c1ccccc1.CC(C)C1=C(OC(=O)c2ccccc2)C[C@H](C)CC1.CC1=C(OC(=O)c2ccccc2)CC(C(C)C)CC1.CC1=CC(C)C(=COC(=O)c2ccccc2)CC1. The fraction of sp³-hybridized carbons (Fsp3) is 0.368. The number of esters is 6. The number of carbonyl (C=O) groups is 6. The molecule has 12 nitrogen and oxygen atoms in total. The molecule has 3 aliphatic carbocycles. The Bertz CT molecular complexity index is 4950.